The number of hydrogen-bond donors (Lipinski definition) is 1. The van der Waals surface area contributed by atoms with E-state index in [0.717, 1.165) is 48.1 Å². The topological polar surface area (TPSA) is 47.6 Å². The summed E-state index contributed by atoms with van der Waals surface area (Å²) in [4.78, 5) is 12.0. The van der Waals surface area contributed by atoms with Crippen LogP contribution in [0.25, 0.3) is 10.8 Å². The molecule has 38 heavy (non-hydrogen) atoms. The first-order valence-corrected chi connectivity index (χ1v) is 13.3. The minimum Gasteiger partial charge on any atom is -0.490 e. The van der Waals surface area contributed by atoms with Gasteiger partial charge in [-0.2, -0.15) is 0 Å². The third-order valence-electron chi connectivity index (χ3n) is 7.68. The highest BCUT2D eigenvalue weighted by Crippen LogP contribution is 2.42. The molecule has 2 unspecified atom stereocenters. The van der Waals surface area contributed by atoms with Crippen LogP contribution in [0, 0.1) is 12.7 Å². The molecule has 0 spiro atoms. The first-order valence-electron chi connectivity index (χ1n) is 13.3. The van der Waals surface area contributed by atoms with Crippen molar-refractivity contribution in [2.45, 2.75) is 51.2 Å². The highest BCUT2D eigenvalue weighted by Gasteiger charge is 2.30. The van der Waals surface area contributed by atoms with Crippen LogP contribution >= 0.6 is 0 Å². The summed E-state index contributed by atoms with van der Waals surface area (Å²) in [6, 6.07) is 25.3. The molecule has 3 atom stereocenters. The molecule has 0 aliphatic carbocycles. The van der Waals surface area contributed by atoms with Gasteiger partial charge in [-0.25, -0.2) is 9.18 Å². The fraction of sp³-hybridized carbons (Fsp3) is 0.303. The van der Waals surface area contributed by atoms with Gasteiger partial charge < -0.3 is 14.8 Å². The minimum atomic E-state index is -0.319. The van der Waals surface area contributed by atoms with E-state index in [1.165, 1.54) is 18.2 Å². The summed E-state index contributed by atoms with van der Waals surface area (Å²) >= 11 is 0. The van der Waals surface area contributed by atoms with Gasteiger partial charge in [0.15, 0.2) is 0 Å². The molecule has 4 aromatic carbocycles. The van der Waals surface area contributed by atoms with Crippen LogP contribution in [0.1, 0.15) is 70.8 Å². The molecule has 0 aromatic heterocycles. The number of para-hydroxylation sites is 1. The van der Waals surface area contributed by atoms with Gasteiger partial charge in [0, 0.05) is 22.9 Å². The Hall–Kier alpha value is -3.70. The highest BCUT2D eigenvalue weighted by atomic mass is 19.1. The number of rotatable bonds is 8. The molecule has 1 aliphatic heterocycles. The molecule has 5 rings (SSSR count). The van der Waals surface area contributed by atoms with Crippen LogP contribution in [0.15, 0.2) is 78.9 Å². The number of benzene rings is 4. The standard InChI is InChI=1S/C33H34FNO3/c1-21-19-23(33(36)37-3)14-15-25(21)30-20-24(38-32-13-7-6-12-29(30)32)9-8-18-35-22(2)26-16-17-31(34)28-11-5-4-10-27(26)28/h4-7,10-17,19,22,24,30,35H,8-9,18,20H2,1-3H3/t22-,24?,30?/m1/s1. The molecule has 4 aromatic rings. The third kappa shape index (κ3) is 5.30. The maximum atomic E-state index is 14.2. The summed E-state index contributed by atoms with van der Waals surface area (Å²) in [7, 11) is 1.41. The van der Waals surface area contributed by atoms with E-state index < -0.39 is 0 Å². The second-order valence-electron chi connectivity index (χ2n) is 10.1. The number of hydrogen-bond acceptors (Lipinski definition) is 4. The van der Waals surface area contributed by atoms with E-state index in [0.29, 0.717) is 10.9 Å². The van der Waals surface area contributed by atoms with Gasteiger partial charge in [-0.3, -0.25) is 0 Å². The quantitative estimate of drug-likeness (QED) is 0.197. The van der Waals surface area contributed by atoms with Crippen molar-refractivity contribution in [3.05, 3.63) is 112 Å². The summed E-state index contributed by atoms with van der Waals surface area (Å²) in [6.45, 7) is 5.02. The molecule has 0 fully saturated rings. The Bertz CT molecular complexity index is 1450. The lowest BCUT2D eigenvalue weighted by atomic mass is 9.81. The summed E-state index contributed by atoms with van der Waals surface area (Å²) in [6.07, 6.45) is 2.86. The van der Waals surface area contributed by atoms with Crippen LogP contribution in [-0.2, 0) is 4.74 Å². The number of esters is 1. The van der Waals surface area contributed by atoms with Crippen molar-refractivity contribution in [3.8, 4) is 5.75 Å². The van der Waals surface area contributed by atoms with E-state index in [1.54, 1.807) is 6.07 Å². The summed E-state index contributed by atoms with van der Waals surface area (Å²) in [5.74, 6) is 0.634. The Labute approximate surface area is 223 Å². The molecule has 0 saturated heterocycles. The molecule has 0 bridgehead atoms. The van der Waals surface area contributed by atoms with Gasteiger partial charge in [0.25, 0.3) is 0 Å². The van der Waals surface area contributed by atoms with Crippen LogP contribution in [0.5, 0.6) is 5.75 Å². The Kier molecular flexibility index (Phi) is 7.75. The zero-order valence-corrected chi connectivity index (χ0v) is 22.2. The Balaban J connectivity index is 1.25. The maximum Gasteiger partial charge on any atom is 0.337 e. The van der Waals surface area contributed by atoms with Crippen molar-refractivity contribution >= 4 is 16.7 Å². The molecular formula is C33H34FNO3. The largest absolute Gasteiger partial charge is 0.490 e. The molecule has 5 heteroatoms. The van der Waals surface area contributed by atoms with Gasteiger partial charge in [-0.1, -0.05) is 54.6 Å². The first-order chi connectivity index (χ1) is 18.5. The van der Waals surface area contributed by atoms with E-state index in [-0.39, 0.29) is 29.9 Å². The van der Waals surface area contributed by atoms with Crippen LogP contribution < -0.4 is 10.1 Å². The van der Waals surface area contributed by atoms with E-state index in [2.05, 4.69) is 37.4 Å². The van der Waals surface area contributed by atoms with Crippen molar-refractivity contribution in [3.63, 3.8) is 0 Å². The van der Waals surface area contributed by atoms with Gasteiger partial charge >= 0.3 is 5.97 Å². The van der Waals surface area contributed by atoms with E-state index >= 15 is 0 Å². The minimum absolute atomic E-state index is 0.0957. The molecule has 1 heterocycles. The Morgan fingerprint density at radius 3 is 2.58 bits per heavy atom. The van der Waals surface area contributed by atoms with Crippen molar-refractivity contribution in [2.75, 3.05) is 13.7 Å². The molecule has 196 valence electrons. The molecule has 0 saturated carbocycles. The predicted molar refractivity (Wildman–Crippen MR) is 149 cm³/mol. The number of methoxy groups -OCH3 is 1. The van der Waals surface area contributed by atoms with Crippen LogP contribution in [0.3, 0.4) is 0 Å². The van der Waals surface area contributed by atoms with Crippen molar-refractivity contribution in [1.29, 1.82) is 0 Å². The van der Waals surface area contributed by atoms with Crippen LogP contribution in [0.4, 0.5) is 4.39 Å². The lowest BCUT2D eigenvalue weighted by molar-refractivity contribution is 0.0600. The molecular weight excluding hydrogens is 477 g/mol. The van der Waals surface area contributed by atoms with Gasteiger partial charge in [-0.05, 0) is 86.0 Å². The van der Waals surface area contributed by atoms with Crippen LogP contribution in [-0.4, -0.2) is 25.7 Å². The average molecular weight is 512 g/mol. The lowest BCUT2D eigenvalue weighted by Crippen LogP contribution is -2.28. The second-order valence-corrected chi connectivity index (χ2v) is 10.1. The van der Waals surface area contributed by atoms with E-state index in [9.17, 15) is 9.18 Å². The normalized spacial score (nSPS) is 17.5. The van der Waals surface area contributed by atoms with Crippen molar-refractivity contribution < 1.29 is 18.7 Å². The van der Waals surface area contributed by atoms with Gasteiger partial charge in [0.1, 0.15) is 11.6 Å². The fourth-order valence-electron chi connectivity index (χ4n) is 5.70. The van der Waals surface area contributed by atoms with Crippen molar-refractivity contribution in [2.24, 2.45) is 0 Å². The summed E-state index contributed by atoms with van der Waals surface area (Å²) in [5.41, 5.74) is 5.16. The monoisotopic (exact) mass is 511 g/mol. The highest BCUT2D eigenvalue weighted by molar-refractivity contribution is 5.89. The first kappa shape index (κ1) is 25.9. The Morgan fingerprint density at radius 2 is 1.79 bits per heavy atom. The molecule has 0 amide bonds. The lowest BCUT2D eigenvalue weighted by Gasteiger charge is -2.33. The molecule has 1 aliphatic rings. The average Bonchev–Trinajstić information content (AvgIpc) is 2.94. The molecule has 4 nitrogen and oxygen atoms in total. The number of nitrogens with one attached hydrogen (secondary N) is 1. The van der Waals surface area contributed by atoms with Gasteiger partial charge in [-0.15, -0.1) is 0 Å². The van der Waals surface area contributed by atoms with Crippen molar-refractivity contribution in [1.82, 2.24) is 5.32 Å². The van der Waals surface area contributed by atoms with E-state index in [4.69, 9.17) is 9.47 Å². The van der Waals surface area contributed by atoms with Gasteiger partial charge in [0.2, 0.25) is 0 Å². The smallest absolute Gasteiger partial charge is 0.337 e. The zero-order chi connectivity index (χ0) is 26.6. The summed E-state index contributed by atoms with van der Waals surface area (Å²) in [5, 5.41) is 5.24. The fourth-order valence-corrected chi connectivity index (χ4v) is 5.70. The molecule has 1 N–H and O–H groups in total. The number of fused-ring (bicyclic) bond motifs is 2. The van der Waals surface area contributed by atoms with Gasteiger partial charge in [0.05, 0.1) is 18.8 Å². The number of ether oxygens (including phenoxy) is 2. The third-order valence-corrected chi connectivity index (χ3v) is 7.68. The molecule has 0 radical (unpaired) electrons. The SMILES string of the molecule is COC(=O)c1ccc(C2CC(CCCN[C@H](C)c3ccc(F)c4ccccc34)Oc3ccccc32)c(C)c1. The maximum absolute atomic E-state index is 14.2. The number of halogens is 1. The number of carbonyl (C=O) groups excluding carboxylic acids is 1. The van der Waals surface area contributed by atoms with E-state index in [1.807, 2.05) is 54.6 Å². The number of aryl methyl sites for hydroxylation is 1. The zero-order valence-electron chi connectivity index (χ0n) is 22.2. The summed E-state index contributed by atoms with van der Waals surface area (Å²) < 4.78 is 25.6. The van der Waals surface area contributed by atoms with Crippen LogP contribution in [0.2, 0.25) is 0 Å². The number of carbonyl (C=O) groups is 1. The Morgan fingerprint density at radius 1 is 1.03 bits per heavy atom. The predicted octanol–water partition coefficient (Wildman–Crippen LogP) is 7.49. The second kappa shape index (κ2) is 11.4.